The van der Waals surface area contributed by atoms with Gasteiger partial charge in [0.05, 0.1) is 4.90 Å². The molecule has 2 aromatic carbocycles. The molecule has 0 amide bonds. The maximum absolute atomic E-state index is 13.3. The van der Waals surface area contributed by atoms with Crippen LogP contribution in [-0.2, 0) is 21.9 Å². The summed E-state index contributed by atoms with van der Waals surface area (Å²) >= 11 is 0. The van der Waals surface area contributed by atoms with E-state index in [-0.39, 0.29) is 16.9 Å². The van der Waals surface area contributed by atoms with Gasteiger partial charge in [-0.3, -0.25) is 0 Å². The average Bonchev–Trinajstić information content (AvgIpc) is 3.08. The number of rotatable bonds is 3. The minimum atomic E-state index is -3.56. The van der Waals surface area contributed by atoms with Crippen LogP contribution in [0.15, 0.2) is 47.4 Å². The van der Waals surface area contributed by atoms with E-state index < -0.39 is 10.0 Å². The normalized spacial score (nSPS) is 31.5. The van der Waals surface area contributed by atoms with Gasteiger partial charge < -0.3 is 5.11 Å². The second-order valence-corrected chi connectivity index (χ2v) is 13.6. The number of phenolic OH excluding ortho intramolecular Hbond substituents is 1. The summed E-state index contributed by atoms with van der Waals surface area (Å²) in [6.45, 7) is 8.73. The van der Waals surface area contributed by atoms with Crippen LogP contribution in [0.4, 0.5) is 0 Å². The molecule has 178 valence electrons. The summed E-state index contributed by atoms with van der Waals surface area (Å²) in [5.41, 5.74) is 3.84. The van der Waals surface area contributed by atoms with Crippen molar-refractivity contribution in [3.05, 3.63) is 59.2 Å². The van der Waals surface area contributed by atoms with E-state index in [0.29, 0.717) is 28.4 Å². The van der Waals surface area contributed by atoms with E-state index in [4.69, 9.17) is 0 Å². The van der Waals surface area contributed by atoms with E-state index in [1.54, 1.807) is 12.1 Å². The van der Waals surface area contributed by atoms with Gasteiger partial charge in [0.2, 0.25) is 10.0 Å². The van der Waals surface area contributed by atoms with Crippen LogP contribution in [0.25, 0.3) is 0 Å². The Hall–Kier alpha value is -1.85. The predicted molar refractivity (Wildman–Crippen MR) is 132 cm³/mol. The van der Waals surface area contributed by atoms with Crippen LogP contribution < -0.4 is 4.72 Å². The van der Waals surface area contributed by atoms with Crippen molar-refractivity contribution in [2.45, 2.75) is 88.5 Å². The Bertz CT molecular complexity index is 1150. The second kappa shape index (κ2) is 7.84. The molecule has 33 heavy (non-hydrogen) atoms. The Kier molecular flexibility index (Phi) is 5.45. The van der Waals surface area contributed by atoms with Crippen LogP contribution in [0.5, 0.6) is 5.75 Å². The second-order valence-electron chi connectivity index (χ2n) is 11.9. The Morgan fingerprint density at radius 3 is 2.42 bits per heavy atom. The summed E-state index contributed by atoms with van der Waals surface area (Å²) in [6.07, 6.45) is 6.26. The van der Waals surface area contributed by atoms with Crippen molar-refractivity contribution < 1.29 is 13.5 Å². The van der Waals surface area contributed by atoms with Crippen LogP contribution in [-0.4, -0.2) is 19.6 Å². The van der Waals surface area contributed by atoms with Crippen LogP contribution in [0, 0.1) is 17.3 Å². The third-order valence-electron chi connectivity index (χ3n) is 9.04. The maximum Gasteiger partial charge on any atom is 0.240 e. The van der Waals surface area contributed by atoms with Gasteiger partial charge in [-0.1, -0.05) is 45.9 Å². The van der Waals surface area contributed by atoms with E-state index in [1.165, 1.54) is 11.1 Å². The molecule has 0 unspecified atom stereocenters. The number of aromatic hydroxyl groups is 1. The van der Waals surface area contributed by atoms with E-state index in [9.17, 15) is 13.5 Å². The van der Waals surface area contributed by atoms with Crippen LogP contribution >= 0.6 is 0 Å². The van der Waals surface area contributed by atoms with Crippen molar-refractivity contribution in [1.82, 2.24) is 4.72 Å². The summed E-state index contributed by atoms with van der Waals surface area (Å²) < 4.78 is 29.7. The molecule has 0 bridgehead atoms. The van der Waals surface area contributed by atoms with Gasteiger partial charge in [-0.05, 0) is 108 Å². The molecular weight excluding hydrogens is 430 g/mol. The Labute approximate surface area is 198 Å². The number of hydrogen-bond acceptors (Lipinski definition) is 3. The van der Waals surface area contributed by atoms with Gasteiger partial charge in [0.1, 0.15) is 5.75 Å². The molecule has 4 nitrogen and oxygen atoms in total. The zero-order chi connectivity index (χ0) is 23.6. The molecule has 0 aromatic heterocycles. The fourth-order valence-electron chi connectivity index (χ4n) is 7.15. The van der Waals surface area contributed by atoms with Gasteiger partial charge in [0, 0.05) is 6.04 Å². The number of fused-ring (bicyclic) bond motifs is 5. The van der Waals surface area contributed by atoms with Crippen molar-refractivity contribution in [2.24, 2.45) is 17.3 Å². The van der Waals surface area contributed by atoms with E-state index in [2.05, 4.69) is 38.5 Å². The monoisotopic (exact) mass is 467 g/mol. The fraction of sp³-hybridized carbons (Fsp3) is 0.571. The Balaban J connectivity index is 1.36. The molecule has 5 rings (SSSR count). The smallest absolute Gasteiger partial charge is 0.240 e. The lowest BCUT2D eigenvalue weighted by Crippen LogP contribution is -2.50. The minimum absolute atomic E-state index is 0.00211. The molecule has 0 heterocycles. The van der Waals surface area contributed by atoms with Gasteiger partial charge in [0.25, 0.3) is 0 Å². The first-order valence-corrected chi connectivity index (χ1v) is 13.9. The molecule has 2 saturated carbocycles. The molecule has 3 aliphatic rings. The molecule has 2 aromatic rings. The van der Waals surface area contributed by atoms with Gasteiger partial charge in [-0.15, -0.1) is 0 Å². The van der Waals surface area contributed by atoms with Crippen LogP contribution in [0.2, 0.25) is 0 Å². The highest BCUT2D eigenvalue weighted by molar-refractivity contribution is 7.89. The molecule has 0 saturated heterocycles. The number of phenols is 1. The van der Waals surface area contributed by atoms with Crippen LogP contribution in [0.1, 0.15) is 82.4 Å². The summed E-state index contributed by atoms with van der Waals surface area (Å²) in [7, 11) is -3.56. The summed E-state index contributed by atoms with van der Waals surface area (Å²) in [5, 5.41) is 9.90. The molecule has 0 radical (unpaired) electrons. The van der Waals surface area contributed by atoms with Crippen molar-refractivity contribution in [3.63, 3.8) is 0 Å². The lowest BCUT2D eigenvalue weighted by atomic mass is 9.55. The molecule has 3 aliphatic carbocycles. The zero-order valence-corrected chi connectivity index (χ0v) is 21.1. The molecule has 2 N–H and O–H groups in total. The highest BCUT2D eigenvalue weighted by Crippen LogP contribution is 2.61. The van der Waals surface area contributed by atoms with Crippen molar-refractivity contribution in [1.29, 1.82) is 0 Å². The molecule has 0 spiro atoms. The van der Waals surface area contributed by atoms with Crippen molar-refractivity contribution in [2.75, 3.05) is 0 Å². The summed E-state index contributed by atoms with van der Waals surface area (Å²) in [5.74, 6) is 2.03. The van der Waals surface area contributed by atoms with Gasteiger partial charge in [-0.25, -0.2) is 13.1 Å². The maximum atomic E-state index is 13.3. The summed E-state index contributed by atoms with van der Waals surface area (Å²) in [4.78, 5) is 0.364. The Morgan fingerprint density at radius 1 is 1.00 bits per heavy atom. The number of sulfonamides is 1. The first kappa shape index (κ1) is 22.9. The standard InChI is InChI=1S/C28H37NO3S/c1-27(2,3)19-6-9-21(10-7-19)33(31,32)29-26-14-13-25-24-11-5-18-17-20(30)8-12-22(18)23(24)15-16-28(25,26)4/h6-10,12,17,23-26,29-30H,5,11,13-16H2,1-4H3/t23-,24-,25+,26+,28+/m1/s1. The molecular formula is C28H37NO3S. The van der Waals surface area contributed by atoms with E-state index in [0.717, 1.165) is 44.1 Å². The Morgan fingerprint density at radius 2 is 1.73 bits per heavy atom. The van der Waals surface area contributed by atoms with Crippen molar-refractivity contribution in [3.8, 4) is 5.75 Å². The van der Waals surface area contributed by atoms with E-state index >= 15 is 0 Å². The molecule has 2 fully saturated rings. The quantitative estimate of drug-likeness (QED) is 0.591. The fourth-order valence-corrected chi connectivity index (χ4v) is 8.54. The van der Waals surface area contributed by atoms with Crippen molar-refractivity contribution >= 4 is 10.0 Å². The van der Waals surface area contributed by atoms with Gasteiger partial charge in [0.15, 0.2) is 0 Å². The highest BCUT2D eigenvalue weighted by atomic mass is 32.2. The largest absolute Gasteiger partial charge is 0.508 e. The predicted octanol–water partition coefficient (Wildman–Crippen LogP) is 5.89. The lowest BCUT2D eigenvalue weighted by Gasteiger charge is -2.51. The van der Waals surface area contributed by atoms with Crippen LogP contribution in [0.3, 0.4) is 0 Å². The topological polar surface area (TPSA) is 66.4 Å². The third kappa shape index (κ3) is 3.91. The SMILES string of the molecule is CC(C)(C)c1ccc(S(=O)(=O)N[C@H]2CC[C@H]3[C@@H]4CCc5cc(O)ccc5[C@H]4CC[C@]23C)cc1. The molecule has 0 aliphatic heterocycles. The number of aryl methyl sites for hydroxylation is 1. The number of hydrogen-bond donors (Lipinski definition) is 2. The first-order valence-electron chi connectivity index (χ1n) is 12.4. The van der Waals surface area contributed by atoms with Gasteiger partial charge >= 0.3 is 0 Å². The van der Waals surface area contributed by atoms with Gasteiger partial charge in [-0.2, -0.15) is 0 Å². The molecule has 5 heteroatoms. The summed E-state index contributed by atoms with van der Waals surface area (Å²) in [6, 6.07) is 13.3. The minimum Gasteiger partial charge on any atom is -0.508 e. The lowest BCUT2D eigenvalue weighted by molar-refractivity contribution is 0.0462. The number of benzene rings is 2. The highest BCUT2D eigenvalue weighted by Gasteiger charge is 2.55. The molecule has 5 atom stereocenters. The third-order valence-corrected chi connectivity index (χ3v) is 10.5. The average molecular weight is 468 g/mol. The van der Waals surface area contributed by atoms with E-state index in [1.807, 2.05) is 24.3 Å². The first-order chi connectivity index (χ1) is 15.5. The number of nitrogens with one attached hydrogen (secondary N) is 1. The zero-order valence-electron chi connectivity index (χ0n) is 20.3.